The molecule has 0 bridgehead atoms. The monoisotopic (exact) mass is 318 g/mol. The van der Waals surface area contributed by atoms with E-state index in [0.29, 0.717) is 0 Å². The first-order valence-corrected chi connectivity index (χ1v) is 9.75. The van der Waals surface area contributed by atoms with E-state index in [-0.39, 0.29) is 0 Å². The normalized spacial score (nSPS) is 26.7. The maximum Gasteiger partial charge on any atom is 0.128 e. The molecule has 2 aliphatic heterocycles. The van der Waals surface area contributed by atoms with Gasteiger partial charge in [0.25, 0.3) is 0 Å². The summed E-state index contributed by atoms with van der Waals surface area (Å²) in [6.07, 6.45) is 8.63. The lowest BCUT2D eigenvalue weighted by Gasteiger charge is -2.34. The van der Waals surface area contributed by atoms with Crippen LogP contribution >= 0.6 is 0 Å². The number of hydrogen-bond donors (Lipinski definition) is 2. The molecule has 128 valence electrons. The average molecular weight is 319 g/mol. The number of rotatable bonds is 5. The summed E-state index contributed by atoms with van der Waals surface area (Å²) in [5, 5.41) is 0. The molecule has 0 aromatic heterocycles. The maximum atomic E-state index is 5.79. The standard InChI is InChI=1S/C20H32N2O/c1-2-23-20-10-6-5-9-18(20)17-21-15-11-19(12-16-21)22-13-7-3-4-8-14-22/h5-6,9-10,19H,2-4,7-8,11-17H2,1H3/p+2. The van der Waals surface area contributed by atoms with Gasteiger partial charge in [-0.25, -0.2) is 0 Å². The van der Waals surface area contributed by atoms with Gasteiger partial charge in [-0.1, -0.05) is 12.1 Å². The van der Waals surface area contributed by atoms with Gasteiger partial charge in [-0.2, -0.15) is 0 Å². The Balaban J connectivity index is 1.51. The molecule has 0 amide bonds. The molecule has 3 heteroatoms. The smallest absolute Gasteiger partial charge is 0.128 e. The van der Waals surface area contributed by atoms with E-state index < -0.39 is 0 Å². The molecule has 0 unspecified atom stereocenters. The fourth-order valence-electron chi connectivity index (χ4n) is 4.42. The number of benzene rings is 1. The molecule has 0 atom stereocenters. The average Bonchev–Trinajstić information content (AvgIpc) is 2.87. The van der Waals surface area contributed by atoms with Gasteiger partial charge in [0.05, 0.1) is 38.8 Å². The fourth-order valence-corrected chi connectivity index (χ4v) is 4.42. The molecule has 3 rings (SSSR count). The predicted molar refractivity (Wildman–Crippen MR) is 94.2 cm³/mol. The van der Waals surface area contributed by atoms with Gasteiger partial charge in [-0.15, -0.1) is 0 Å². The highest BCUT2D eigenvalue weighted by Crippen LogP contribution is 2.17. The molecule has 2 fully saturated rings. The second-order valence-electron chi connectivity index (χ2n) is 7.31. The van der Waals surface area contributed by atoms with Crippen molar-refractivity contribution >= 4 is 0 Å². The summed E-state index contributed by atoms with van der Waals surface area (Å²) in [4.78, 5) is 3.65. The van der Waals surface area contributed by atoms with Gasteiger partial charge >= 0.3 is 0 Å². The lowest BCUT2D eigenvalue weighted by Crippen LogP contribution is -3.20. The molecule has 0 spiro atoms. The van der Waals surface area contributed by atoms with Crippen LogP contribution in [-0.2, 0) is 6.54 Å². The Labute approximate surface area is 141 Å². The van der Waals surface area contributed by atoms with Gasteiger partial charge in [0.1, 0.15) is 12.3 Å². The molecule has 0 saturated carbocycles. The van der Waals surface area contributed by atoms with E-state index >= 15 is 0 Å². The zero-order chi connectivity index (χ0) is 15.9. The second kappa shape index (κ2) is 8.70. The minimum Gasteiger partial charge on any atom is -0.493 e. The predicted octanol–water partition coefficient (Wildman–Crippen LogP) is 1.09. The second-order valence-corrected chi connectivity index (χ2v) is 7.31. The van der Waals surface area contributed by atoms with Crippen molar-refractivity contribution in [2.45, 2.75) is 58.0 Å². The molecule has 1 aromatic rings. The van der Waals surface area contributed by atoms with E-state index in [4.69, 9.17) is 4.74 Å². The third-order valence-corrected chi connectivity index (χ3v) is 5.73. The van der Waals surface area contributed by atoms with Crippen molar-refractivity contribution in [3.05, 3.63) is 29.8 Å². The van der Waals surface area contributed by atoms with Crippen molar-refractivity contribution in [3.8, 4) is 5.75 Å². The summed E-state index contributed by atoms with van der Waals surface area (Å²) >= 11 is 0. The number of para-hydroxylation sites is 1. The van der Waals surface area contributed by atoms with Gasteiger partial charge in [-0.3, -0.25) is 0 Å². The van der Waals surface area contributed by atoms with Crippen molar-refractivity contribution in [1.82, 2.24) is 0 Å². The molecular weight excluding hydrogens is 284 g/mol. The summed E-state index contributed by atoms with van der Waals surface area (Å²) < 4.78 is 5.79. The number of piperidine rings is 1. The van der Waals surface area contributed by atoms with Crippen LogP contribution < -0.4 is 14.5 Å². The SMILES string of the molecule is CCOc1ccccc1C[NH+]1CCC([NH+]2CCCCCC2)CC1. The molecule has 2 aliphatic rings. The zero-order valence-corrected chi connectivity index (χ0v) is 14.8. The highest BCUT2D eigenvalue weighted by Gasteiger charge is 2.30. The van der Waals surface area contributed by atoms with Crippen molar-refractivity contribution in [2.75, 3.05) is 32.8 Å². The highest BCUT2D eigenvalue weighted by molar-refractivity contribution is 5.32. The summed E-state index contributed by atoms with van der Waals surface area (Å²) in [5.74, 6) is 1.09. The van der Waals surface area contributed by atoms with Gasteiger partial charge in [-0.05, 0) is 44.7 Å². The topological polar surface area (TPSA) is 18.1 Å². The number of hydrogen-bond acceptors (Lipinski definition) is 1. The van der Waals surface area contributed by atoms with E-state index in [0.717, 1.165) is 24.9 Å². The van der Waals surface area contributed by atoms with Gasteiger partial charge in [0, 0.05) is 18.4 Å². The van der Waals surface area contributed by atoms with E-state index in [1.165, 1.54) is 70.3 Å². The number of nitrogens with one attached hydrogen (secondary N) is 2. The van der Waals surface area contributed by atoms with Crippen LogP contribution in [0, 0.1) is 0 Å². The molecule has 1 aromatic carbocycles. The Morgan fingerprint density at radius 3 is 2.35 bits per heavy atom. The summed E-state index contributed by atoms with van der Waals surface area (Å²) in [6.45, 7) is 9.45. The van der Waals surface area contributed by atoms with Crippen LogP contribution in [0.2, 0.25) is 0 Å². The Hall–Kier alpha value is -1.06. The first-order valence-electron chi connectivity index (χ1n) is 9.75. The van der Waals surface area contributed by atoms with E-state index in [1.54, 1.807) is 4.90 Å². The fraction of sp³-hybridized carbons (Fsp3) is 0.700. The first-order chi connectivity index (χ1) is 11.4. The molecule has 2 heterocycles. The summed E-state index contributed by atoms with van der Waals surface area (Å²) in [6, 6.07) is 9.51. The molecule has 0 radical (unpaired) electrons. The van der Waals surface area contributed by atoms with E-state index in [1.807, 2.05) is 4.90 Å². The third-order valence-electron chi connectivity index (χ3n) is 5.73. The zero-order valence-electron chi connectivity index (χ0n) is 14.8. The molecule has 23 heavy (non-hydrogen) atoms. The third kappa shape index (κ3) is 4.71. The van der Waals surface area contributed by atoms with Crippen LogP contribution in [0.25, 0.3) is 0 Å². The molecule has 2 N–H and O–H groups in total. The molecule has 0 aliphatic carbocycles. The summed E-state index contributed by atoms with van der Waals surface area (Å²) in [7, 11) is 0. The van der Waals surface area contributed by atoms with Gasteiger partial charge < -0.3 is 14.5 Å². The van der Waals surface area contributed by atoms with E-state index in [2.05, 4.69) is 31.2 Å². The minimum atomic E-state index is 0.757. The number of ether oxygens (including phenoxy) is 1. The van der Waals surface area contributed by atoms with Crippen molar-refractivity contribution in [2.24, 2.45) is 0 Å². The minimum absolute atomic E-state index is 0.757. The maximum absolute atomic E-state index is 5.79. The summed E-state index contributed by atoms with van der Waals surface area (Å²) in [5.41, 5.74) is 1.38. The molecule has 3 nitrogen and oxygen atoms in total. The van der Waals surface area contributed by atoms with Gasteiger partial charge in [0.2, 0.25) is 0 Å². The Bertz CT molecular complexity index is 460. The largest absolute Gasteiger partial charge is 0.493 e. The molecular formula is C20H34N2O+2. The lowest BCUT2D eigenvalue weighted by molar-refractivity contribution is -0.963. The Morgan fingerprint density at radius 1 is 0.957 bits per heavy atom. The van der Waals surface area contributed by atoms with Crippen LogP contribution in [0.4, 0.5) is 0 Å². The van der Waals surface area contributed by atoms with Crippen LogP contribution in [0.15, 0.2) is 24.3 Å². The Kier molecular flexibility index (Phi) is 6.35. The van der Waals surface area contributed by atoms with Crippen LogP contribution in [0.3, 0.4) is 0 Å². The lowest BCUT2D eigenvalue weighted by atomic mass is 10.0. The first kappa shape index (κ1) is 16.8. The quantitative estimate of drug-likeness (QED) is 0.832. The van der Waals surface area contributed by atoms with Crippen molar-refractivity contribution in [3.63, 3.8) is 0 Å². The highest BCUT2D eigenvalue weighted by atomic mass is 16.5. The number of quaternary nitrogens is 2. The van der Waals surface area contributed by atoms with E-state index in [9.17, 15) is 0 Å². The van der Waals surface area contributed by atoms with Crippen LogP contribution in [0.5, 0.6) is 5.75 Å². The molecule has 2 saturated heterocycles. The van der Waals surface area contributed by atoms with Gasteiger partial charge in [0.15, 0.2) is 0 Å². The van der Waals surface area contributed by atoms with Crippen molar-refractivity contribution < 1.29 is 14.5 Å². The van der Waals surface area contributed by atoms with Crippen LogP contribution in [-0.4, -0.2) is 38.8 Å². The Morgan fingerprint density at radius 2 is 1.65 bits per heavy atom. The van der Waals surface area contributed by atoms with Crippen LogP contribution in [0.1, 0.15) is 51.0 Å². The number of likely N-dealkylation sites (tertiary alicyclic amines) is 2. The van der Waals surface area contributed by atoms with Crippen molar-refractivity contribution in [1.29, 1.82) is 0 Å².